The van der Waals surface area contributed by atoms with E-state index in [1.807, 2.05) is 0 Å². The van der Waals surface area contributed by atoms with Crippen LogP contribution in [0.2, 0.25) is 0 Å². The number of nitrogens with zero attached hydrogens (tertiary/aromatic N) is 2. The van der Waals surface area contributed by atoms with Gasteiger partial charge in [0.2, 0.25) is 0 Å². The van der Waals surface area contributed by atoms with Gasteiger partial charge in [-0.2, -0.15) is 0 Å². The lowest BCUT2D eigenvalue weighted by molar-refractivity contribution is 0.134. The van der Waals surface area contributed by atoms with Crippen molar-refractivity contribution in [2.45, 2.75) is 46.0 Å². The van der Waals surface area contributed by atoms with Crippen molar-refractivity contribution >= 4 is 11.6 Å². The van der Waals surface area contributed by atoms with Gasteiger partial charge in [0.25, 0.3) is 0 Å². The molecule has 1 aromatic heterocycles. The molecule has 21 heavy (non-hydrogen) atoms. The molecule has 1 fully saturated rings. The predicted molar refractivity (Wildman–Crippen MR) is 86.8 cm³/mol. The second-order valence-corrected chi connectivity index (χ2v) is 5.67. The SMILES string of the molecule is CCCNc1ncnc(NCCOCC2CC2)c1CCC. The lowest BCUT2D eigenvalue weighted by atomic mass is 10.1. The summed E-state index contributed by atoms with van der Waals surface area (Å²) in [6, 6.07) is 0. The van der Waals surface area contributed by atoms with Crippen LogP contribution in [0.5, 0.6) is 0 Å². The maximum absolute atomic E-state index is 5.65. The van der Waals surface area contributed by atoms with Gasteiger partial charge in [-0.3, -0.25) is 0 Å². The standard InChI is InChI=1S/C16H28N4O/c1-3-5-14-15(17-8-4-2)19-12-20-16(14)18-9-10-21-11-13-6-7-13/h12-13H,3-11H2,1-2H3,(H2,17,18,19,20). The first-order chi connectivity index (χ1) is 10.3. The van der Waals surface area contributed by atoms with Crippen molar-refractivity contribution in [3.8, 4) is 0 Å². The van der Waals surface area contributed by atoms with Gasteiger partial charge in [-0.15, -0.1) is 0 Å². The minimum absolute atomic E-state index is 0.740. The second-order valence-electron chi connectivity index (χ2n) is 5.67. The fourth-order valence-electron chi connectivity index (χ4n) is 2.22. The van der Waals surface area contributed by atoms with Crippen LogP contribution in [-0.4, -0.2) is 36.3 Å². The molecular weight excluding hydrogens is 264 g/mol. The van der Waals surface area contributed by atoms with E-state index < -0.39 is 0 Å². The minimum atomic E-state index is 0.740. The van der Waals surface area contributed by atoms with Crippen LogP contribution >= 0.6 is 0 Å². The van der Waals surface area contributed by atoms with Crippen molar-refractivity contribution in [3.63, 3.8) is 0 Å². The van der Waals surface area contributed by atoms with Crippen LogP contribution in [-0.2, 0) is 11.2 Å². The van der Waals surface area contributed by atoms with Crippen molar-refractivity contribution in [3.05, 3.63) is 11.9 Å². The molecule has 2 N–H and O–H groups in total. The summed E-state index contributed by atoms with van der Waals surface area (Å²) in [6.45, 7) is 7.73. The lowest BCUT2D eigenvalue weighted by Crippen LogP contribution is -2.15. The molecule has 0 amide bonds. The fraction of sp³-hybridized carbons (Fsp3) is 0.750. The Hall–Kier alpha value is -1.36. The van der Waals surface area contributed by atoms with E-state index in [2.05, 4.69) is 34.4 Å². The Kier molecular flexibility index (Phi) is 6.73. The number of ether oxygens (including phenoxy) is 1. The molecule has 1 aromatic rings. The summed E-state index contributed by atoms with van der Waals surface area (Å²) in [5.41, 5.74) is 1.19. The molecular formula is C16H28N4O. The molecule has 1 saturated carbocycles. The maximum Gasteiger partial charge on any atom is 0.134 e. The lowest BCUT2D eigenvalue weighted by Gasteiger charge is -2.15. The quantitative estimate of drug-likeness (QED) is 0.614. The summed E-state index contributed by atoms with van der Waals surface area (Å²) in [6.07, 6.45) is 7.47. The fourth-order valence-corrected chi connectivity index (χ4v) is 2.22. The molecule has 0 atom stereocenters. The molecule has 0 saturated heterocycles. The molecule has 0 radical (unpaired) electrons. The Morgan fingerprint density at radius 1 is 1.10 bits per heavy atom. The summed E-state index contributed by atoms with van der Waals surface area (Å²) in [7, 11) is 0. The second kappa shape index (κ2) is 8.82. The van der Waals surface area contributed by atoms with Gasteiger partial charge in [0, 0.05) is 25.3 Å². The van der Waals surface area contributed by atoms with Crippen molar-refractivity contribution in [2.75, 3.05) is 36.9 Å². The van der Waals surface area contributed by atoms with Gasteiger partial charge in [-0.25, -0.2) is 9.97 Å². The van der Waals surface area contributed by atoms with E-state index in [1.165, 1.54) is 18.4 Å². The third-order valence-corrected chi connectivity index (χ3v) is 3.58. The number of hydrogen-bond donors (Lipinski definition) is 2. The third-order valence-electron chi connectivity index (χ3n) is 3.58. The number of hydrogen-bond acceptors (Lipinski definition) is 5. The highest BCUT2D eigenvalue weighted by Crippen LogP contribution is 2.28. The molecule has 0 aliphatic heterocycles. The van der Waals surface area contributed by atoms with Crippen LogP contribution in [0.1, 0.15) is 45.1 Å². The molecule has 0 aromatic carbocycles. The number of rotatable bonds is 11. The van der Waals surface area contributed by atoms with E-state index in [9.17, 15) is 0 Å². The largest absolute Gasteiger partial charge is 0.379 e. The Balaban J connectivity index is 1.85. The van der Waals surface area contributed by atoms with Gasteiger partial charge in [-0.1, -0.05) is 20.3 Å². The summed E-state index contributed by atoms with van der Waals surface area (Å²) in [5, 5.41) is 6.78. The van der Waals surface area contributed by atoms with Gasteiger partial charge >= 0.3 is 0 Å². The van der Waals surface area contributed by atoms with Crippen molar-refractivity contribution in [1.29, 1.82) is 0 Å². The van der Waals surface area contributed by atoms with Crippen LogP contribution in [0, 0.1) is 5.92 Å². The van der Waals surface area contributed by atoms with E-state index in [0.29, 0.717) is 0 Å². The maximum atomic E-state index is 5.65. The van der Waals surface area contributed by atoms with E-state index in [0.717, 1.165) is 63.1 Å². The molecule has 5 nitrogen and oxygen atoms in total. The number of nitrogens with one attached hydrogen (secondary N) is 2. The molecule has 0 unspecified atom stereocenters. The Morgan fingerprint density at radius 3 is 2.43 bits per heavy atom. The van der Waals surface area contributed by atoms with Crippen LogP contribution in [0.4, 0.5) is 11.6 Å². The number of aromatic nitrogens is 2. The summed E-state index contributed by atoms with van der Waals surface area (Å²) in [4.78, 5) is 8.77. The Labute approximate surface area is 127 Å². The first-order valence-electron chi connectivity index (χ1n) is 8.24. The summed E-state index contributed by atoms with van der Waals surface area (Å²) >= 11 is 0. The molecule has 1 aliphatic carbocycles. The van der Waals surface area contributed by atoms with Crippen molar-refractivity contribution in [2.24, 2.45) is 5.92 Å². The monoisotopic (exact) mass is 292 g/mol. The van der Waals surface area contributed by atoms with Crippen molar-refractivity contribution in [1.82, 2.24) is 9.97 Å². The Morgan fingerprint density at radius 2 is 1.81 bits per heavy atom. The highest BCUT2D eigenvalue weighted by molar-refractivity contribution is 5.57. The van der Waals surface area contributed by atoms with Gasteiger partial charge < -0.3 is 15.4 Å². The molecule has 5 heteroatoms. The zero-order valence-corrected chi connectivity index (χ0v) is 13.3. The number of anilines is 2. The van der Waals surface area contributed by atoms with E-state index in [1.54, 1.807) is 6.33 Å². The van der Waals surface area contributed by atoms with E-state index in [4.69, 9.17) is 4.74 Å². The molecule has 118 valence electrons. The first-order valence-corrected chi connectivity index (χ1v) is 8.24. The van der Waals surface area contributed by atoms with E-state index in [-0.39, 0.29) is 0 Å². The van der Waals surface area contributed by atoms with Crippen LogP contribution < -0.4 is 10.6 Å². The van der Waals surface area contributed by atoms with Gasteiger partial charge in [0.15, 0.2) is 0 Å². The average molecular weight is 292 g/mol. The third kappa shape index (κ3) is 5.50. The Bertz CT molecular complexity index is 421. The minimum Gasteiger partial charge on any atom is -0.379 e. The average Bonchev–Trinajstić information content (AvgIpc) is 3.31. The van der Waals surface area contributed by atoms with Crippen LogP contribution in [0.25, 0.3) is 0 Å². The molecule has 1 aliphatic rings. The first kappa shape index (κ1) is 16.0. The topological polar surface area (TPSA) is 59.1 Å². The zero-order valence-electron chi connectivity index (χ0n) is 13.3. The molecule has 0 spiro atoms. The summed E-state index contributed by atoms with van der Waals surface area (Å²) in [5.74, 6) is 2.74. The highest BCUT2D eigenvalue weighted by Gasteiger charge is 2.20. The van der Waals surface area contributed by atoms with Crippen LogP contribution in [0.15, 0.2) is 6.33 Å². The van der Waals surface area contributed by atoms with Gasteiger partial charge in [0.1, 0.15) is 18.0 Å². The van der Waals surface area contributed by atoms with E-state index >= 15 is 0 Å². The normalized spacial score (nSPS) is 14.2. The smallest absolute Gasteiger partial charge is 0.134 e. The highest BCUT2D eigenvalue weighted by atomic mass is 16.5. The molecule has 1 heterocycles. The van der Waals surface area contributed by atoms with Gasteiger partial charge in [-0.05, 0) is 31.6 Å². The summed E-state index contributed by atoms with van der Waals surface area (Å²) < 4.78 is 5.65. The zero-order chi connectivity index (χ0) is 14.9. The predicted octanol–water partition coefficient (Wildman–Crippen LogP) is 3.09. The van der Waals surface area contributed by atoms with Crippen LogP contribution in [0.3, 0.4) is 0 Å². The van der Waals surface area contributed by atoms with Gasteiger partial charge in [0.05, 0.1) is 6.61 Å². The molecule has 0 bridgehead atoms. The van der Waals surface area contributed by atoms with Crippen molar-refractivity contribution < 1.29 is 4.74 Å². The molecule has 2 rings (SSSR count).